The number of nitrogens with one attached hydrogen (secondary N) is 2. The Bertz CT molecular complexity index is 741. The van der Waals surface area contributed by atoms with Gasteiger partial charge < -0.3 is 25.2 Å². The number of aliphatic hydroxyl groups is 1. The van der Waals surface area contributed by atoms with Gasteiger partial charge in [0.25, 0.3) is 5.91 Å². The van der Waals surface area contributed by atoms with Crippen LogP contribution in [0.1, 0.15) is 22.5 Å². The molecule has 1 unspecified atom stereocenters. The summed E-state index contributed by atoms with van der Waals surface area (Å²) >= 11 is 0.988. The second kappa shape index (κ2) is 12.0. The number of aliphatic hydroxyl groups excluding tert-OH is 1. The summed E-state index contributed by atoms with van der Waals surface area (Å²) in [6.07, 6.45) is -0.189. The first-order valence-electron chi connectivity index (χ1n) is 8.83. The standard InChI is InChI=1S/C18H24N4O5S/c1-26-16(24)8-7-15-18(22-28-21-15)27-12-14(23)11-19-9-10-20-17(25)13-5-3-2-4-6-13/h2-6,14,19,23H,7-12H2,1H3,(H,20,25). The van der Waals surface area contributed by atoms with Crippen molar-refractivity contribution < 1.29 is 24.2 Å². The van der Waals surface area contributed by atoms with Crippen LogP contribution in [0.4, 0.5) is 0 Å². The summed E-state index contributed by atoms with van der Waals surface area (Å²) in [6.45, 7) is 1.30. The van der Waals surface area contributed by atoms with Gasteiger partial charge in [0, 0.05) is 31.6 Å². The highest BCUT2D eigenvalue weighted by Gasteiger charge is 2.14. The van der Waals surface area contributed by atoms with Crippen molar-refractivity contribution in [3.8, 4) is 5.88 Å². The molecule has 10 heteroatoms. The van der Waals surface area contributed by atoms with Crippen LogP contribution in [0.3, 0.4) is 0 Å². The molecule has 1 aromatic heterocycles. The highest BCUT2D eigenvalue weighted by atomic mass is 32.1. The third kappa shape index (κ3) is 7.59. The van der Waals surface area contributed by atoms with Gasteiger partial charge in [-0.3, -0.25) is 9.59 Å². The molecule has 0 aliphatic carbocycles. The maximum Gasteiger partial charge on any atom is 0.305 e. The quantitative estimate of drug-likeness (QED) is 0.341. The zero-order valence-electron chi connectivity index (χ0n) is 15.6. The molecule has 9 nitrogen and oxygen atoms in total. The van der Waals surface area contributed by atoms with E-state index in [0.717, 1.165) is 11.7 Å². The molecule has 2 rings (SSSR count). The van der Waals surface area contributed by atoms with Crippen molar-refractivity contribution in [3.05, 3.63) is 41.6 Å². The second-order valence-corrected chi connectivity index (χ2v) is 6.41. The molecule has 1 heterocycles. The van der Waals surface area contributed by atoms with Crippen molar-refractivity contribution in [1.82, 2.24) is 19.4 Å². The van der Waals surface area contributed by atoms with Gasteiger partial charge in [0.05, 0.1) is 25.3 Å². The fourth-order valence-electron chi connectivity index (χ4n) is 2.24. The van der Waals surface area contributed by atoms with Crippen molar-refractivity contribution in [2.75, 3.05) is 33.4 Å². The highest BCUT2D eigenvalue weighted by molar-refractivity contribution is 6.99. The van der Waals surface area contributed by atoms with Crippen molar-refractivity contribution >= 4 is 23.6 Å². The van der Waals surface area contributed by atoms with Gasteiger partial charge in [0.1, 0.15) is 18.4 Å². The van der Waals surface area contributed by atoms with E-state index in [4.69, 9.17) is 4.74 Å². The third-order valence-corrected chi connectivity index (χ3v) is 4.28. The minimum Gasteiger partial charge on any atom is -0.473 e. The molecule has 0 saturated carbocycles. The Labute approximate surface area is 167 Å². The molecule has 1 atom stereocenters. The molecule has 1 aromatic carbocycles. The molecule has 0 spiro atoms. The van der Waals surface area contributed by atoms with Gasteiger partial charge in [-0.25, -0.2) is 0 Å². The fourth-order valence-corrected chi connectivity index (χ4v) is 2.78. The summed E-state index contributed by atoms with van der Waals surface area (Å²) in [4.78, 5) is 23.1. The van der Waals surface area contributed by atoms with E-state index in [2.05, 4.69) is 24.1 Å². The number of hydrogen-bond donors (Lipinski definition) is 3. The predicted octanol–water partition coefficient (Wildman–Crippen LogP) is 0.403. The Kier molecular flexibility index (Phi) is 9.32. The van der Waals surface area contributed by atoms with Crippen LogP contribution in [0, 0.1) is 0 Å². The lowest BCUT2D eigenvalue weighted by molar-refractivity contribution is -0.140. The van der Waals surface area contributed by atoms with E-state index in [1.165, 1.54) is 7.11 Å². The van der Waals surface area contributed by atoms with Gasteiger partial charge >= 0.3 is 5.97 Å². The number of hydrogen-bond acceptors (Lipinski definition) is 9. The number of ether oxygens (including phenoxy) is 2. The van der Waals surface area contributed by atoms with E-state index in [1.807, 2.05) is 18.2 Å². The smallest absolute Gasteiger partial charge is 0.305 e. The summed E-state index contributed by atoms with van der Waals surface area (Å²) in [5.74, 6) is -0.146. The van der Waals surface area contributed by atoms with Gasteiger partial charge in [-0.1, -0.05) is 18.2 Å². The van der Waals surface area contributed by atoms with E-state index in [9.17, 15) is 14.7 Å². The van der Waals surface area contributed by atoms with Crippen molar-refractivity contribution in [2.45, 2.75) is 18.9 Å². The molecule has 0 aliphatic heterocycles. The number of benzene rings is 1. The van der Waals surface area contributed by atoms with Crippen LogP contribution in [0.25, 0.3) is 0 Å². The molecule has 0 saturated heterocycles. The van der Waals surface area contributed by atoms with E-state index in [-0.39, 0.29) is 24.9 Å². The van der Waals surface area contributed by atoms with Crippen molar-refractivity contribution in [1.29, 1.82) is 0 Å². The summed E-state index contributed by atoms with van der Waals surface area (Å²) in [7, 11) is 1.33. The third-order valence-electron chi connectivity index (χ3n) is 3.73. The fraction of sp³-hybridized carbons (Fsp3) is 0.444. The molecule has 0 fully saturated rings. The van der Waals surface area contributed by atoms with E-state index < -0.39 is 6.10 Å². The van der Waals surface area contributed by atoms with Gasteiger partial charge in [0.15, 0.2) is 0 Å². The largest absolute Gasteiger partial charge is 0.473 e. The Morgan fingerprint density at radius 1 is 1.21 bits per heavy atom. The van der Waals surface area contributed by atoms with Crippen molar-refractivity contribution in [2.24, 2.45) is 0 Å². The summed E-state index contributed by atoms with van der Waals surface area (Å²) in [5, 5.41) is 15.8. The van der Waals surface area contributed by atoms with E-state index in [1.54, 1.807) is 12.1 Å². The summed E-state index contributed by atoms with van der Waals surface area (Å²) < 4.78 is 18.2. The first kappa shape index (κ1) is 21.7. The number of rotatable bonds is 12. The minimum absolute atomic E-state index is 0.0417. The summed E-state index contributed by atoms with van der Waals surface area (Å²) in [5.41, 5.74) is 1.18. The van der Waals surface area contributed by atoms with Crippen LogP contribution in [-0.4, -0.2) is 65.2 Å². The van der Waals surface area contributed by atoms with Gasteiger partial charge in [-0.15, -0.1) is 4.37 Å². The first-order chi connectivity index (χ1) is 13.6. The normalized spacial score (nSPS) is 11.6. The molecule has 0 aliphatic rings. The molecule has 0 radical (unpaired) electrons. The van der Waals surface area contributed by atoms with Gasteiger partial charge in [-0.2, -0.15) is 4.37 Å². The number of esters is 1. The highest BCUT2D eigenvalue weighted by Crippen LogP contribution is 2.17. The number of aromatic nitrogens is 2. The second-order valence-electron chi connectivity index (χ2n) is 5.88. The lowest BCUT2D eigenvalue weighted by Gasteiger charge is -2.13. The van der Waals surface area contributed by atoms with Crippen LogP contribution in [0.15, 0.2) is 30.3 Å². The zero-order valence-corrected chi connectivity index (χ0v) is 16.4. The number of carbonyl (C=O) groups is 2. The number of methoxy groups -OCH3 is 1. The van der Waals surface area contributed by atoms with Crippen LogP contribution >= 0.6 is 11.7 Å². The molecular weight excluding hydrogens is 384 g/mol. The van der Waals surface area contributed by atoms with Crippen LogP contribution in [-0.2, 0) is 16.0 Å². The maximum atomic E-state index is 11.9. The monoisotopic (exact) mass is 408 g/mol. The topological polar surface area (TPSA) is 123 Å². The molecule has 152 valence electrons. The van der Waals surface area contributed by atoms with Crippen molar-refractivity contribution in [3.63, 3.8) is 0 Å². The van der Waals surface area contributed by atoms with Crippen LogP contribution in [0.2, 0.25) is 0 Å². The molecule has 28 heavy (non-hydrogen) atoms. The average molecular weight is 408 g/mol. The molecule has 2 aromatic rings. The molecular formula is C18H24N4O5S. The lowest BCUT2D eigenvalue weighted by atomic mass is 10.2. The first-order valence-corrected chi connectivity index (χ1v) is 9.56. The summed E-state index contributed by atoms with van der Waals surface area (Å²) in [6, 6.07) is 8.96. The number of aryl methyl sites for hydroxylation is 1. The number of amides is 1. The molecule has 0 bridgehead atoms. The van der Waals surface area contributed by atoms with Gasteiger partial charge in [0.2, 0.25) is 5.88 Å². The Hall–Kier alpha value is -2.56. The zero-order chi connectivity index (χ0) is 20.2. The predicted molar refractivity (Wildman–Crippen MR) is 103 cm³/mol. The molecule has 3 N–H and O–H groups in total. The van der Waals surface area contributed by atoms with Gasteiger partial charge in [-0.05, 0) is 12.1 Å². The van der Waals surface area contributed by atoms with E-state index >= 15 is 0 Å². The van der Waals surface area contributed by atoms with Crippen LogP contribution < -0.4 is 15.4 Å². The Balaban J connectivity index is 1.59. The SMILES string of the molecule is COC(=O)CCc1nsnc1OCC(O)CNCCNC(=O)c1ccccc1. The minimum atomic E-state index is -0.750. The van der Waals surface area contributed by atoms with Crippen LogP contribution in [0.5, 0.6) is 5.88 Å². The lowest BCUT2D eigenvalue weighted by Crippen LogP contribution is -2.37. The van der Waals surface area contributed by atoms with E-state index in [0.29, 0.717) is 43.2 Å². The average Bonchev–Trinajstić information content (AvgIpc) is 3.18. The number of carbonyl (C=O) groups excluding carboxylic acids is 2. The number of nitrogens with zero attached hydrogens (tertiary/aromatic N) is 2. The Morgan fingerprint density at radius 2 is 2.00 bits per heavy atom. The Morgan fingerprint density at radius 3 is 2.75 bits per heavy atom. The molecule has 1 amide bonds. The maximum absolute atomic E-state index is 11.9.